The topological polar surface area (TPSA) is 18.5 Å². The largest absolute Gasteiger partial charge is 0.353 e. The molecule has 2 heteroatoms. The average Bonchev–Trinajstić information content (AvgIpc) is 2.18. The van der Waals surface area contributed by atoms with Crippen LogP contribution in [0.1, 0.15) is 46.5 Å². The van der Waals surface area contributed by atoms with Gasteiger partial charge < -0.3 is 9.47 Å². The van der Waals surface area contributed by atoms with Crippen molar-refractivity contribution in [3.63, 3.8) is 0 Å². The Kier molecular flexibility index (Phi) is 5.96. The summed E-state index contributed by atoms with van der Waals surface area (Å²) >= 11 is 0. The Morgan fingerprint density at radius 1 is 1.33 bits per heavy atom. The normalized spacial score (nSPS) is 19.9. The van der Waals surface area contributed by atoms with E-state index in [1.807, 2.05) is 0 Å². The van der Waals surface area contributed by atoms with Crippen LogP contribution in [0.15, 0.2) is 11.6 Å². The van der Waals surface area contributed by atoms with Crippen LogP contribution in [0.3, 0.4) is 0 Å². The maximum Gasteiger partial charge on any atom is 0.157 e. The first kappa shape index (κ1) is 12.7. The number of hydrogen-bond acceptors (Lipinski definition) is 2. The summed E-state index contributed by atoms with van der Waals surface area (Å²) in [5.74, 6) is 0.684. The molecule has 1 fully saturated rings. The van der Waals surface area contributed by atoms with Crippen molar-refractivity contribution >= 4 is 0 Å². The van der Waals surface area contributed by atoms with Gasteiger partial charge in [0.15, 0.2) is 6.29 Å². The van der Waals surface area contributed by atoms with E-state index >= 15 is 0 Å². The summed E-state index contributed by atoms with van der Waals surface area (Å²) in [6, 6.07) is 0. The summed E-state index contributed by atoms with van der Waals surface area (Å²) in [5.41, 5.74) is 1.41. The van der Waals surface area contributed by atoms with Gasteiger partial charge in [0.05, 0.1) is 13.2 Å². The molecule has 0 saturated carbocycles. The summed E-state index contributed by atoms with van der Waals surface area (Å²) in [5, 5.41) is 0. The molecule has 0 spiro atoms. The Morgan fingerprint density at radius 3 is 2.60 bits per heavy atom. The summed E-state index contributed by atoms with van der Waals surface area (Å²) < 4.78 is 11.1. The van der Waals surface area contributed by atoms with Crippen molar-refractivity contribution in [2.24, 2.45) is 5.92 Å². The highest BCUT2D eigenvalue weighted by Crippen LogP contribution is 2.18. The molecule has 0 amide bonds. The molecule has 2 nitrogen and oxygen atoms in total. The van der Waals surface area contributed by atoms with Crippen molar-refractivity contribution in [1.82, 2.24) is 0 Å². The Morgan fingerprint density at radius 2 is 2.00 bits per heavy atom. The predicted molar refractivity (Wildman–Crippen MR) is 62.8 cm³/mol. The van der Waals surface area contributed by atoms with Gasteiger partial charge in [-0.2, -0.15) is 0 Å². The van der Waals surface area contributed by atoms with E-state index in [1.165, 1.54) is 18.4 Å². The van der Waals surface area contributed by atoms with E-state index < -0.39 is 0 Å². The van der Waals surface area contributed by atoms with Crippen LogP contribution < -0.4 is 0 Å². The second-order valence-corrected chi connectivity index (χ2v) is 4.72. The molecule has 88 valence electrons. The molecular formula is C13H24O2. The van der Waals surface area contributed by atoms with Crippen LogP contribution in [0.25, 0.3) is 0 Å². The smallest absolute Gasteiger partial charge is 0.157 e. The SMILES string of the molecule is CC(C)=CCC[C@H](C)CC1OCCCO1. The van der Waals surface area contributed by atoms with Gasteiger partial charge in [-0.15, -0.1) is 0 Å². The Labute approximate surface area is 93.7 Å². The van der Waals surface area contributed by atoms with Gasteiger partial charge in [-0.05, 0) is 39.0 Å². The number of hydrogen-bond donors (Lipinski definition) is 0. The molecule has 1 rings (SSSR count). The minimum absolute atomic E-state index is 0.0560. The van der Waals surface area contributed by atoms with Crippen LogP contribution in [0.5, 0.6) is 0 Å². The lowest BCUT2D eigenvalue weighted by Gasteiger charge is -2.25. The van der Waals surface area contributed by atoms with E-state index in [1.54, 1.807) is 0 Å². The monoisotopic (exact) mass is 212 g/mol. The minimum atomic E-state index is 0.0560. The van der Waals surface area contributed by atoms with Gasteiger partial charge in [0.25, 0.3) is 0 Å². The standard InChI is InChI=1S/C13H24O2/c1-11(2)6-4-7-12(3)10-13-14-8-5-9-15-13/h6,12-13H,4-5,7-10H2,1-3H3/t12-/m0/s1. The lowest BCUT2D eigenvalue weighted by molar-refractivity contribution is -0.186. The summed E-state index contributed by atoms with van der Waals surface area (Å²) in [6.07, 6.45) is 6.85. The summed E-state index contributed by atoms with van der Waals surface area (Å²) in [7, 11) is 0. The molecule has 1 aliphatic heterocycles. The molecule has 0 radical (unpaired) electrons. The van der Waals surface area contributed by atoms with Crippen molar-refractivity contribution in [3.8, 4) is 0 Å². The van der Waals surface area contributed by atoms with Crippen LogP contribution in [-0.4, -0.2) is 19.5 Å². The first-order chi connectivity index (χ1) is 7.18. The molecular weight excluding hydrogens is 188 g/mol. The van der Waals surface area contributed by atoms with Gasteiger partial charge >= 0.3 is 0 Å². The average molecular weight is 212 g/mol. The molecule has 0 aromatic rings. The van der Waals surface area contributed by atoms with E-state index in [4.69, 9.17) is 9.47 Å². The van der Waals surface area contributed by atoms with Gasteiger partial charge in [-0.3, -0.25) is 0 Å². The molecule has 1 saturated heterocycles. The lowest BCUT2D eigenvalue weighted by Crippen LogP contribution is -2.26. The Bertz CT molecular complexity index is 189. The highest BCUT2D eigenvalue weighted by atomic mass is 16.7. The summed E-state index contributed by atoms with van der Waals surface area (Å²) in [6.45, 7) is 8.31. The second kappa shape index (κ2) is 7.02. The van der Waals surface area contributed by atoms with Crippen molar-refractivity contribution < 1.29 is 9.47 Å². The molecule has 1 atom stereocenters. The van der Waals surface area contributed by atoms with Gasteiger partial charge in [-0.25, -0.2) is 0 Å². The van der Waals surface area contributed by atoms with Crippen LogP contribution >= 0.6 is 0 Å². The van der Waals surface area contributed by atoms with Crippen molar-refractivity contribution in [1.29, 1.82) is 0 Å². The second-order valence-electron chi connectivity index (χ2n) is 4.72. The van der Waals surface area contributed by atoms with Crippen LogP contribution in [0.4, 0.5) is 0 Å². The van der Waals surface area contributed by atoms with Crippen molar-refractivity contribution in [2.75, 3.05) is 13.2 Å². The van der Waals surface area contributed by atoms with Crippen LogP contribution in [-0.2, 0) is 9.47 Å². The fraction of sp³-hybridized carbons (Fsp3) is 0.846. The predicted octanol–water partition coefficient (Wildman–Crippen LogP) is 3.52. The van der Waals surface area contributed by atoms with Crippen LogP contribution in [0.2, 0.25) is 0 Å². The van der Waals surface area contributed by atoms with Crippen molar-refractivity contribution in [3.05, 3.63) is 11.6 Å². The third-order valence-corrected chi connectivity index (χ3v) is 2.70. The zero-order valence-electron chi connectivity index (χ0n) is 10.3. The lowest BCUT2D eigenvalue weighted by atomic mass is 10.0. The first-order valence-corrected chi connectivity index (χ1v) is 6.05. The van der Waals surface area contributed by atoms with E-state index in [0.29, 0.717) is 5.92 Å². The van der Waals surface area contributed by atoms with Crippen LogP contribution in [0, 0.1) is 5.92 Å². The summed E-state index contributed by atoms with van der Waals surface area (Å²) in [4.78, 5) is 0. The number of allylic oxidation sites excluding steroid dienone is 2. The molecule has 0 aromatic heterocycles. The van der Waals surface area contributed by atoms with E-state index in [9.17, 15) is 0 Å². The fourth-order valence-electron chi connectivity index (χ4n) is 1.78. The third-order valence-electron chi connectivity index (χ3n) is 2.70. The zero-order chi connectivity index (χ0) is 11.1. The number of ether oxygens (including phenoxy) is 2. The molecule has 1 heterocycles. The third kappa shape index (κ3) is 5.95. The molecule has 15 heavy (non-hydrogen) atoms. The maximum absolute atomic E-state index is 5.54. The maximum atomic E-state index is 5.54. The fourth-order valence-corrected chi connectivity index (χ4v) is 1.78. The van der Waals surface area contributed by atoms with Gasteiger partial charge in [0.1, 0.15) is 0 Å². The van der Waals surface area contributed by atoms with Gasteiger partial charge in [0.2, 0.25) is 0 Å². The molecule has 0 bridgehead atoms. The highest BCUT2D eigenvalue weighted by molar-refractivity contribution is 4.92. The molecule has 0 aliphatic carbocycles. The highest BCUT2D eigenvalue weighted by Gasteiger charge is 2.16. The molecule has 0 unspecified atom stereocenters. The molecule has 0 N–H and O–H groups in total. The van der Waals surface area contributed by atoms with Gasteiger partial charge in [0, 0.05) is 6.42 Å². The quantitative estimate of drug-likeness (QED) is 0.649. The first-order valence-electron chi connectivity index (χ1n) is 6.05. The number of rotatable bonds is 5. The minimum Gasteiger partial charge on any atom is -0.353 e. The zero-order valence-corrected chi connectivity index (χ0v) is 10.3. The Balaban J connectivity index is 2.11. The Hall–Kier alpha value is -0.340. The van der Waals surface area contributed by atoms with E-state index in [0.717, 1.165) is 26.1 Å². The van der Waals surface area contributed by atoms with E-state index in [2.05, 4.69) is 26.8 Å². The van der Waals surface area contributed by atoms with Gasteiger partial charge in [-0.1, -0.05) is 18.6 Å². The molecule has 0 aromatic carbocycles. The van der Waals surface area contributed by atoms with E-state index in [-0.39, 0.29) is 6.29 Å². The van der Waals surface area contributed by atoms with Crippen molar-refractivity contribution in [2.45, 2.75) is 52.7 Å². The molecule has 1 aliphatic rings.